The summed E-state index contributed by atoms with van der Waals surface area (Å²) in [4.78, 5) is 17.8. The minimum Gasteiger partial charge on any atom is -0.487 e. The van der Waals surface area contributed by atoms with E-state index in [1.807, 2.05) is 39.0 Å². The normalized spacial score (nSPS) is 21.9. The van der Waals surface area contributed by atoms with Gasteiger partial charge in [0.15, 0.2) is 11.6 Å². The fourth-order valence-corrected chi connectivity index (χ4v) is 4.27. The lowest BCUT2D eigenvalue weighted by atomic mass is 9.70. The Morgan fingerprint density at radius 2 is 1.87 bits per heavy atom. The van der Waals surface area contributed by atoms with Gasteiger partial charge in [-0.15, -0.1) is 0 Å². The van der Waals surface area contributed by atoms with Crippen molar-refractivity contribution in [3.8, 4) is 5.75 Å². The molecule has 0 atom stereocenters. The van der Waals surface area contributed by atoms with Crippen LogP contribution in [0, 0.1) is 18.2 Å². The zero-order valence-corrected chi connectivity index (χ0v) is 19.6. The minimum absolute atomic E-state index is 0.132. The molecule has 0 N–H and O–H groups in total. The van der Waals surface area contributed by atoms with E-state index >= 15 is 0 Å². The first kappa shape index (κ1) is 22.7. The molecule has 0 bridgehead atoms. The molecule has 1 aromatic carbocycles. The molecule has 0 aliphatic heterocycles. The molecule has 1 fully saturated rings. The lowest BCUT2D eigenvalue weighted by Crippen LogP contribution is -2.44. The molecule has 0 spiro atoms. The number of halogens is 2. The van der Waals surface area contributed by atoms with Gasteiger partial charge in [-0.25, -0.2) is 9.37 Å². The molecule has 3 rings (SSSR count). The average molecular weight is 478 g/mol. The van der Waals surface area contributed by atoms with Gasteiger partial charge in [0.25, 0.3) is 0 Å². The third-order valence-corrected chi connectivity index (χ3v) is 5.91. The van der Waals surface area contributed by atoms with Crippen LogP contribution in [0.4, 0.5) is 4.39 Å². The Morgan fingerprint density at radius 1 is 1.20 bits per heavy atom. The van der Waals surface area contributed by atoms with Crippen LogP contribution in [0.5, 0.6) is 5.75 Å². The fraction of sp³-hybridized carbons (Fsp3) is 0.500. The Hall–Kier alpha value is -1.95. The number of aromatic nitrogens is 1. The molecule has 1 saturated carbocycles. The number of pyridine rings is 1. The van der Waals surface area contributed by atoms with Gasteiger partial charge in [0.2, 0.25) is 0 Å². The number of nitrogens with zero attached hydrogens (tertiary/aromatic N) is 1. The number of ether oxygens (including phenoxy) is 2. The number of esters is 1. The predicted octanol–water partition coefficient (Wildman–Crippen LogP) is 6.18. The number of carbonyl (C=O) groups is 1. The van der Waals surface area contributed by atoms with Gasteiger partial charge >= 0.3 is 5.97 Å². The molecular weight excluding hydrogens is 449 g/mol. The largest absolute Gasteiger partial charge is 0.487 e. The summed E-state index contributed by atoms with van der Waals surface area (Å²) in [6, 6.07) is 10.9. The topological polar surface area (TPSA) is 48.4 Å². The van der Waals surface area contributed by atoms with Crippen molar-refractivity contribution in [2.24, 2.45) is 5.41 Å². The van der Waals surface area contributed by atoms with Crippen LogP contribution in [0.15, 0.2) is 41.0 Å². The predicted molar refractivity (Wildman–Crippen MR) is 118 cm³/mol. The maximum atomic E-state index is 14.3. The molecule has 162 valence electrons. The van der Waals surface area contributed by atoms with E-state index in [-0.39, 0.29) is 23.6 Å². The van der Waals surface area contributed by atoms with E-state index in [4.69, 9.17) is 9.47 Å². The average Bonchev–Trinajstić information content (AvgIpc) is 2.66. The van der Waals surface area contributed by atoms with E-state index in [1.54, 1.807) is 25.1 Å². The van der Waals surface area contributed by atoms with Gasteiger partial charge in [0, 0.05) is 12.1 Å². The molecule has 1 heterocycles. The summed E-state index contributed by atoms with van der Waals surface area (Å²) in [6.07, 6.45) is 2.89. The van der Waals surface area contributed by atoms with E-state index in [1.165, 1.54) is 0 Å². The second-order valence-electron chi connectivity index (χ2n) is 9.11. The van der Waals surface area contributed by atoms with Crippen molar-refractivity contribution in [2.45, 2.75) is 71.5 Å². The minimum atomic E-state index is -0.661. The first-order chi connectivity index (χ1) is 14.1. The zero-order chi connectivity index (χ0) is 21.9. The molecule has 1 aromatic heterocycles. The summed E-state index contributed by atoms with van der Waals surface area (Å²) in [6.45, 7) is 7.36. The SMILES string of the molecule is Cc1cccc(OC2CCC(Cc3cccc(Br)n3)(C(=O)OC(C)(C)C)CC2)c1F. The lowest BCUT2D eigenvalue weighted by molar-refractivity contribution is -0.171. The van der Waals surface area contributed by atoms with E-state index in [9.17, 15) is 9.18 Å². The summed E-state index contributed by atoms with van der Waals surface area (Å²) in [7, 11) is 0. The van der Waals surface area contributed by atoms with Crippen LogP contribution in [0.3, 0.4) is 0 Å². The van der Waals surface area contributed by atoms with Crippen LogP contribution in [0.1, 0.15) is 57.7 Å². The molecule has 4 nitrogen and oxygen atoms in total. The van der Waals surface area contributed by atoms with E-state index in [0.717, 1.165) is 10.3 Å². The van der Waals surface area contributed by atoms with Gasteiger partial charge in [-0.3, -0.25) is 4.79 Å². The van der Waals surface area contributed by atoms with Gasteiger partial charge in [0.1, 0.15) is 10.2 Å². The van der Waals surface area contributed by atoms with E-state index in [2.05, 4.69) is 20.9 Å². The standard InChI is InChI=1S/C24H29BrFNO3/c1-16-7-5-9-19(21(16)26)29-18-11-13-24(14-12-18,22(28)30-23(2,3)4)15-17-8-6-10-20(25)27-17/h5-10,18H,11-15H2,1-4H3. The highest BCUT2D eigenvalue weighted by atomic mass is 79.9. The maximum absolute atomic E-state index is 14.3. The summed E-state index contributed by atoms with van der Waals surface area (Å²) in [5.74, 6) is -0.241. The van der Waals surface area contributed by atoms with Crippen molar-refractivity contribution in [3.05, 3.63) is 58.1 Å². The van der Waals surface area contributed by atoms with Gasteiger partial charge in [-0.2, -0.15) is 0 Å². The highest BCUT2D eigenvalue weighted by molar-refractivity contribution is 9.10. The third-order valence-electron chi connectivity index (χ3n) is 5.46. The monoisotopic (exact) mass is 477 g/mol. The molecule has 0 saturated heterocycles. The van der Waals surface area contributed by atoms with Gasteiger partial charge in [-0.1, -0.05) is 18.2 Å². The molecule has 2 aromatic rings. The van der Waals surface area contributed by atoms with E-state index in [0.29, 0.717) is 37.7 Å². The molecule has 30 heavy (non-hydrogen) atoms. The van der Waals surface area contributed by atoms with Crippen LogP contribution < -0.4 is 4.74 Å². The van der Waals surface area contributed by atoms with Crippen LogP contribution in [-0.2, 0) is 16.0 Å². The number of rotatable bonds is 5. The third kappa shape index (κ3) is 5.60. The van der Waals surface area contributed by atoms with Crippen LogP contribution >= 0.6 is 15.9 Å². The number of carbonyl (C=O) groups excluding carboxylic acids is 1. The van der Waals surface area contributed by atoms with Crippen molar-refractivity contribution < 1.29 is 18.7 Å². The van der Waals surface area contributed by atoms with Crippen molar-refractivity contribution in [2.75, 3.05) is 0 Å². The molecule has 0 unspecified atom stereocenters. The Balaban J connectivity index is 1.77. The van der Waals surface area contributed by atoms with Crippen molar-refractivity contribution in [1.82, 2.24) is 4.98 Å². The van der Waals surface area contributed by atoms with Crippen LogP contribution in [-0.4, -0.2) is 22.7 Å². The number of hydrogen-bond donors (Lipinski definition) is 0. The molecule has 6 heteroatoms. The van der Waals surface area contributed by atoms with Gasteiger partial charge in [0.05, 0.1) is 11.5 Å². The van der Waals surface area contributed by atoms with Gasteiger partial charge < -0.3 is 9.47 Å². The zero-order valence-electron chi connectivity index (χ0n) is 18.0. The summed E-state index contributed by atoms with van der Waals surface area (Å²) in [5, 5.41) is 0. The number of aryl methyl sites for hydroxylation is 1. The number of hydrogen-bond acceptors (Lipinski definition) is 4. The lowest BCUT2D eigenvalue weighted by Gasteiger charge is -2.39. The fourth-order valence-electron chi connectivity index (χ4n) is 3.89. The Labute approximate surface area is 186 Å². The van der Waals surface area contributed by atoms with Gasteiger partial charge in [-0.05, 0) is 93.1 Å². The summed E-state index contributed by atoms with van der Waals surface area (Å²) < 4.78 is 26.8. The highest BCUT2D eigenvalue weighted by Gasteiger charge is 2.45. The smallest absolute Gasteiger partial charge is 0.312 e. The quantitative estimate of drug-likeness (QED) is 0.380. The first-order valence-electron chi connectivity index (χ1n) is 10.3. The van der Waals surface area contributed by atoms with Crippen LogP contribution in [0.2, 0.25) is 0 Å². The maximum Gasteiger partial charge on any atom is 0.312 e. The molecule has 0 amide bonds. The van der Waals surface area contributed by atoms with Crippen molar-refractivity contribution >= 4 is 21.9 Å². The van der Waals surface area contributed by atoms with Crippen molar-refractivity contribution in [1.29, 1.82) is 0 Å². The molecule has 0 radical (unpaired) electrons. The van der Waals surface area contributed by atoms with Crippen LogP contribution in [0.25, 0.3) is 0 Å². The van der Waals surface area contributed by atoms with Crippen molar-refractivity contribution in [3.63, 3.8) is 0 Å². The number of benzene rings is 1. The second-order valence-corrected chi connectivity index (χ2v) is 9.93. The first-order valence-corrected chi connectivity index (χ1v) is 11.1. The Kier molecular flexibility index (Phi) is 6.85. The molecule has 1 aliphatic rings. The second kappa shape index (κ2) is 9.04. The highest BCUT2D eigenvalue weighted by Crippen LogP contribution is 2.42. The van der Waals surface area contributed by atoms with E-state index < -0.39 is 11.0 Å². The Bertz CT molecular complexity index is 902. The molecule has 1 aliphatic carbocycles. The summed E-state index contributed by atoms with van der Waals surface area (Å²) in [5.41, 5.74) is 0.185. The Morgan fingerprint density at radius 3 is 2.50 bits per heavy atom. The molecular formula is C24H29BrFNO3. The summed E-state index contributed by atoms with van der Waals surface area (Å²) >= 11 is 3.41.